The Hall–Kier alpha value is -0.570. The van der Waals surface area contributed by atoms with Gasteiger partial charge in [-0.25, -0.2) is 0 Å². The van der Waals surface area contributed by atoms with Crippen LogP contribution in [-0.2, 0) is 4.84 Å². The molecule has 1 aliphatic heterocycles. The molecular formula is C20H30ClNO. The van der Waals surface area contributed by atoms with E-state index in [2.05, 4.69) is 58.7 Å². The minimum Gasteiger partial charge on any atom is -0.292 e. The molecule has 1 saturated carbocycles. The monoisotopic (exact) mass is 335 g/mol. The zero-order chi connectivity index (χ0) is 16.9. The molecule has 1 aromatic carbocycles. The van der Waals surface area contributed by atoms with Crippen LogP contribution in [-0.4, -0.2) is 22.7 Å². The summed E-state index contributed by atoms with van der Waals surface area (Å²) in [4.78, 5) is 6.37. The number of hydroxylamine groups is 2. The lowest BCUT2D eigenvalue weighted by Gasteiger charge is -2.41. The van der Waals surface area contributed by atoms with Gasteiger partial charge in [0.2, 0.25) is 0 Å². The van der Waals surface area contributed by atoms with Crippen LogP contribution >= 0.6 is 11.6 Å². The number of hydrogen-bond donors (Lipinski definition) is 0. The van der Waals surface area contributed by atoms with Crippen LogP contribution in [0.5, 0.6) is 0 Å². The molecule has 2 fully saturated rings. The highest BCUT2D eigenvalue weighted by molar-refractivity contribution is 6.30. The van der Waals surface area contributed by atoms with Gasteiger partial charge in [0, 0.05) is 23.0 Å². The van der Waals surface area contributed by atoms with Crippen LogP contribution in [0.15, 0.2) is 18.2 Å². The fraction of sp³-hybridized carbons (Fsp3) is 0.700. The number of fused-ring (bicyclic) bond motifs is 1. The van der Waals surface area contributed by atoms with Gasteiger partial charge in [-0.1, -0.05) is 24.6 Å². The lowest BCUT2D eigenvalue weighted by molar-refractivity contribution is -0.215. The first kappa shape index (κ1) is 17.3. The highest BCUT2D eigenvalue weighted by Gasteiger charge is 2.54. The largest absolute Gasteiger partial charge is 0.292 e. The summed E-state index contributed by atoms with van der Waals surface area (Å²) in [6.07, 6.45) is 2.40. The summed E-state index contributed by atoms with van der Waals surface area (Å²) < 4.78 is 0. The molecule has 3 rings (SSSR count). The van der Waals surface area contributed by atoms with E-state index in [4.69, 9.17) is 16.4 Å². The van der Waals surface area contributed by atoms with Crippen molar-refractivity contribution in [1.82, 2.24) is 5.06 Å². The summed E-state index contributed by atoms with van der Waals surface area (Å²) in [7, 11) is 0. The van der Waals surface area contributed by atoms with Crippen LogP contribution in [0.4, 0.5) is 0 Å². The second-order valence-corrected chi connectivity index (χ2v) is 8.83. The molecule has 1 aromatic rings. The van der Waals surface area contributed by atoms with E-state index in [0.29, 0.717) is 29.8 Å². The SMILES string of the molecule is Cc1ccc(Cl)cc1[C@H]1C[C@@H]2[C@@H]([C@@H](C)C1)N(C(C)C)OC2(C)C. The molecule has 3 heteroatoms. The maximum atomic E-state index is 6.37. The minimum absolute atomic E-state index is 0.0889. The molecule has 0 radical (unpaired) electrons. The average Bonchev–Trinajstić information content (AvgIpc) is 2.74. The first-order chi connectivity index (χ1) is 10.7. The fourth-order valence-corrected chi connectivity index (χ4v) is 4.99. The molecule has 2 nitrogen and oxygen atoms in total. The Balaban J connectivity index is 1.92. The number of benzene rings is 1. The molecular weight excluding hydrogens is 306 g/mol. The molecule has 0 unspecified atom stereocenters. The van der Waals surface area contributed by atoms with E-state index >= 15 is 0 Å². The van der Waals surface area contributed by atoms with E-state index in [1.165, 1.54) is 24.0 Å². The molecule has 0 spiro atoms. The second kappa shape index (κ2) is 6.06. The minimum atomic E-state index is -0.0889. The Bertz CT molecular complexity index is 583. The number of nitrogens with zero attached hydrogens (tertiary/aromatic N) is 1. The highest BCUT2D eigenvalue weighted by Crippen LogP contribution is 2.52. The average molecular weight is 336 g/mol. The molecule has 128 valence electrons. The van der Waals surface area contributed by atoms with Crippen molar-refractivity contribution in [2.45, 2.75) is 78.0 Å². The topological polar surface area (TPSA) is 12.5 Å². The Kier molecular flexibility index (Phi) is 4.54. The van der Waals surface area contributed by atoms with Gasteiger partial charge in [0.05, 0.1) is 5.60 Å². The third kappa shape index (κ3) is 3.06. The van der Waals surface area contributed by atoms with Crippen molar-refractivity contribution in [1.29, 1.82) is 0 Å². The first-order valence-electron chi connectivity index (χ1n) is 8.94. The van der Waals surface area contributed by atoms with Gasteiger partial charge in [0.15, 0.2) is 0 Å². The summed E-state index contributed by atoms with van der Waals surface area (Å²) in [5.74, 6) is 1.78. The van der Waals surface area contributed by atoms with Crippen molar-refractivity contribution >= 4 is 11.6 Å². The maximum absolute atomic E-state index is 6.37. The molecule has 0 amide bonds. The molecule has 23 heavy (non-hydrogen) atoms. The van der Waals surface area contributed by atoms with Crippen LogP contribution in [0.3, 0.4) is 0 Å². The normalized spacial score (nSPS) is 33.9. The van der Waals surface area contributed by atoms with Gasteiger partial charge in [-0.15, -0.1) is 0 Å². The number of hydrogen-bond acceptors (Lipinski definition) is 2. The van der Waals surface area contributed by atoms with Gasteiger partial charge < -0.3 is 0 Å². The van der Waals surface area contributed by atoms with E-state index in [9.17, 15) is 0 Å². The van der Waals surface area contributed by atoms with Crippen molar-refractivity contribution in [3.05, 3.63) is 34.3 Å². The van der Waals surface area contributed by atoms with Crippen LogP contribution in [0.25, 0.3) is 0 Å². The summed E-state index contributed by atoms with van der Waals surface area (Å²) in [6.45, 7) is 13.6. The van der Waals surface area contributed by atoms with E-state index in [-0.39, 0.29) is 5.60 Å². The van der Waals surface area contributed by atoms with Crippen molar-refractivity contribution in [3.8, 4) is 0 Å². The molecule has 0 aromatic heterocycles. The quantitative estimate of drug-likeness (QED) is 0.699. The van der Waals surface area contributed by atoms with Gasteiger partial charge in [0.25, 0.3) is 0 Å². The Morgan fingerprint density at radius 1 is 1.26 bits per heavy atom. The third-order valence-corrected chi connectivity index (χ3v) is 6.14. The first-order valence-corrected chi connectivity index (χ1v) is 9.32. The lowest BCUT2D eigenvalue weighted by atomic mass is 9.65. The number of halogens is 1. The predicted molar refractivity (Wildman–Crippen MR) is 96.7 cm³/mol. The third-order valence-electron chi connectivity index (χ3n) is 5.91. The van der Waals surface area contributed by atoms with Crippen molar-refractivity contribution < 1.29 is 4.84 Å². The van der Waals surface area contributed by atoms with Crippen molar-refractivity contribution in [2.75, 3.05) is 0 Å². The van der Waals surface area contributed by atoms with Crippen molar-refractivity contribution in [2.24, 2.45) is 11.8 Å². The molecule has 4 atom stereocenters. The molecule has 1 aliphatic carbocycles. The second-order valence-electron chi connectivity index (χ2n) is 8.39. The van der Waals surface area contributed by atoms with E-state index in [1.54, 1.807) is 0 Å². The number of aryl methyl sites for hydroxylation is 1. The van der Waals surface area contributed by atoms with Gasteiger partial charge in [-0.3, -0.25) is 4.84 Å². The van der Waals surface area contributed by atoms with Crippen LogP contribution in [0.1, 0.15) is 64.5 Å². The zero-order valence-corrected chi connectivity index (χ0v) is 16.0. The van der Waals surface area contributed by atoms with Gasteiger partial charge >= 0.3 is 0 Å². The van der Waals surface area contributed by atoms with Crippen LogP contribution < -0.4 is 0 Å². The molecule has 0 N–H and O–H groups in total. The van der Waals surface area contributed by atoms with Crippen molar-refractivity contribution in [3.63, 3.8) is 0 Å². The Labute approximate surface area is 146 Å². The van der Waals surface area contributed by atoms with E-state index in [0.717, 1.165) is 5.02 Å². The zero-order valence-electron chi connectivity index (χ0n) is 15.3. The van der Waals surface area contributed by atoms with Gasteiger partial charge in [0.1, 0.15) is 0 Å². The Morgan fingerprint density at radius 3 is 2.61 bits per heavy atom. The summed E-state index contributed by atoms with van der Waals surface area (Å²) in [5.41, 5.74) is 2.71. The Morgan fingerprint density at radius 2 is 1.96 bits per heavy atom. The van der Waals surface area contributed by atoms with Gasteiger partial charge in [-0.2, -0.15) is 5.06 Å². The summed E-state index contributed by atoms with van der Waals surface area (Å²) in [6, 6.07) is 7.29. The molecule has 2 aliphatic rings. The predicted octanol–water partition coefficient (Wildman–Crippen LogP) is 5.58. The number of rotatable bonds is 2. The molecule has 1 saturated heterocycles. The van der Waals surface area contributed by atoms with E-state index < -0.39 is 0 Å². The maximum Gasteiger partial charge on any atom is 0.0888 e. The summed E-state index contributed by atoms with van der Waals surface area (Å²) >= 11 is 6.27. The molecule has 1 heterocycles. The fourth-order valence-electron chi connectivity index (χ4n) is 4.81. The highest BCUT2D eigenvalue weighted by atomic mass is 35.5. The van der Waals surface area contributed by atoms with Gasteiger partial charge in [-0.05, 0) is 82.6 Å². The lowest BCUT2D eigenvalue weighted by Crippen LogP contribution is -2.45. The van der Waals surface area contributed by atoms with Crippen LogP contribution in [0, 0.1) is 18.8 Å². The standard InChI is InChI=1S/C20H30ClNO/c1-12(2)22-19-14(4)9-15(10-18(19)20(5,6)23-22)17-11-16(21)8-7-13(17)3/h7-8,11-12,14-15,18-19H,9-10H2,1-6H3/t14-,15+,18+,19+/m0/s1. The van der Waals surface area contributed by atoms with E-state index in [1.807, 2.05) is 6.07 Å². The molecule has 0 bridgehead atoms. The van der Waals surface area contributed by atoms with Crippen LogP contribution in [0.2, 0.25) is 5.02 Å². The summed E-state index contributed by atoms with van der Waals surface area (Å²) in [5, 5.41) is 3.13. The smallest absolute Gasteiger partial charge is 0.0888 e.